The van der Waals surface area contributed by atoms with E-state index >= 15 is 0 Å². The Labute approximate surface area is 233 Å². The van der Waals surface area contributed by atoms with Crippen molar-refractivity contribution >= 4 is 23.7 Å². The molecule has 218 valence electrons. The van der Waals surface area contributed by atoms with E-state index in [1.807, 2.05) is 20.8 Å². The number of rotatable bonds is 5. The lowest BCUT2D eigenvalue weighted by Crippen LogP contribution is -2.74. The van der Waals surface area contributed by atoms with Crippen molar-refractivity contribution in [2.24, 2.45) is 39.9 Å². The molecule has 5 aliphatic rings. The molecule has 40 heavy (non-hydrogen) atoms. The van der Waals surface area contributed by atoms with Gasteiger partial charge in [-0.05, 0) is 18.9 Å². The van der Waals surface area contributed by atoms with Crippen molar-refractivity contribution < 1.29 is 47.6 Å². The van der Waals surface area contributed by atoms with Gasteiger partial charge in [0.1, 0.15) is 29.7 Å². The largest absolute Gasteiger partial charge is 0.472 e. The van der Waals surface area contributed by atoms with Crippen LogP contribution in [0.4, 0.5) is 0 Å². The first-order chi connectivity index (χ1) is 18.8. The van der Waals surface area contributed by atoms with E-state index < -0.39 is 70.0 Å². The Morgan fingerprint density at radius 1 is 1.18 bits per heavy atom. The first-order valence-corrected chi connectivity index (χ1v) is 14.2. The summed E-state index contributed by atoms with van der Waals surface area (Å²) >= 11 is 0. The Morgan fingerprint density at radius 2 is 1.90 bits per heavy atom. The van der Waals surface area contributed by atoms with Crippen LogP contribution in [0.15, 0.2) is 23.0 Å². The third-order valence-electron chi connectivity index (χ3n) is 11.3. The molecule has 2 aliphatic heterocycles. The van der Waals surface area contributed by atoms with Crippen LogP contribution in [0.3, 0.4) is 0 Å². The summed E-state index contributed by atoms with van der Waals surface area (Å²) in [6.07, 6.45) is 0.859. The number of hydrogen-bond acceptors (Lipinski definition) is 10. The topological polar surface area (TPSA) is 142 Å². The fourth-order valence-corrected chi connectivity index (χ4v) is 9.73. The van der Waals surface area contributed by atoms with E-state index in [4.69, 9.17) is 23.4 Å². The Hall–Kier alpha value is -2.72. The summed E-state index contributed by atoms with van der Waals surface area (Å²) in [7, 11) is 1.20. The number of Topliss-reactive ketones (excluding diaryl/α,β-unsaturated/α-hetero) is 1. The molecule has 1 aromatic heterocycles. The molecule has 1 spiro atoms. The smallest absolute Gasteiger partial charge is 0.335 e. The van der Waals surface area contributed by atoms with Gasteiger partial charge in [0.15, 0.2) is 6.10 Å². The lowest BCUT2D eigenvalue weighted by molar-refractivity contribution is -0.232. The Balaban J connectivity index is 1.52. The number of aliphatic hydroxyl groups is 1. The predicted molar refractivity (Wildman–Crippen MR) is 136 cm³/mol. The van der Waals surface area contributed by atoms with E-state index in [1.165, 1.54) is 7.11 Å². The zero-order valence-corrected chi connectivity index (χ0v) is 23.8. The van der Waals surface area contributed by atoms with Gasteiger partial charge in [0.05, 0.1) is 32.0 Å². The average Bonchev–Trinajstić information content (AvgIpc) is 3.36. The summed E-state index contributed by atoms with van der Waals surface area (Å²) in [6.45, 7) is 9.27. The van der Waals surface area contributed by atoms with E-state index in [-0.39, 0.29) is 36.4 Å². The number of carbonyl (C=O) groups excluding carboxylic acids is 4. The summed E-state index contributed by atoms with van der Waals surface area (Å²) in [5, 5.41) is 11.5. The highest BCUT2D eigenvalue weighted by Gasteiger charge is 2.86. The van der Waals surface area contributed by atoms with Crippen molar-refractivity contribution in [3.8, 4) is 0 Å². The molecule has 1 N–H and O–H groups in total. The van der Waals surface area contributed by atoms with E-state index in [0.29, 0.717) is 12.8 Å². The minimum Gasteiger partial charge on any atom is -0.472 e. The van der Waals surface area contributed by atoms with Gasteiger partial charge in [-0.25, -0.2) is 4.79 Å². The SMILES string of the molecule is CCC(=O)O[C@@H]1[C@H]2C(=O)[C@](C)([C@H]3CC[C@]4(C)[C@@H](CC(=O)O[C@H]4c4ccoc4)[C@]34O[C@H]24)[C@@H]([C@H](O)C(=O)OC)C1(C)C. The molecule has 0 aromatic carbocycles. The van der Waals surface area contributed by atoms with Crippen LogP contribution < -0.4 is 0 Å². The number of methoxy groups -OCH3 is 1. The number of carbonyl (C=O) groups is 4. The molecule has 3 aliphatic carbocycles. The van der Waals surface area contributed by atoms with Crippen LogP contribution in [0.2, 0.25) is 0 Å². The first kappa shape index (κ1) is 27.4. The summed E-state index contributed by atoms with van der Waals surface area (Å²) in [5.74, 6) is -4.28. The lowest BCUT2D eigenvalue weighted by atomic mass is 9.37. The second-order valence-electron chi connectivity index (χ2n) is 13.4. The van der Waals surface area contributed by atoms with Gasteiger partial charge in [-0.15, -0.1) is 0 Å². The van der Waals surface area contributed by atoms with Crippen LogP contribution >= 0.6 is 0 Å². The summed E-state index contributed by atoms with van der Waals surface area (Å²) < 4.78 is 28.9. The number of esters is 3. The van der Waals surface area contributed by atoms with Crippen LogP contribution in [0.5, 0.6) is 0 Å². The fraction of sp³-hybridized carbons (Fsp3) is 0.733. The fourth-order valence-electron chi connectivity index (χ4n) is 9.73. The van der Waals surface area contributed by atoms with Crippen LogP contribution in [0.25, 0.3) is 0 Å². The van der Waals surface area contributed by atoms with Crippen LogP contribution in [-0.4, -0.2) is 59.8 Å². The number of hydrogen-bond donors (Lipinski definition) is 1. The maximum Gasteiger partial charge on any atom is 0.335 e. The summed E-state index contributed by atoms with van der Waals surface area (Å²) in [5.41, 5.74) is -2.83. The van der Waals surface area contributed by atoms with Gasteiger partial charge in [0.2, 0.25) is 0 Å². The van der Waals surface area contributed by atoms with Gasteiger partial charge in [0.25, 0.3) is 0 Å². The van der Waals surface area contributed by atoms with Crippen LogP contribution in [0, 0.1) is 39.9 Å². The van der Waals surface area contributed by atoms with Gasteiger partial charge in [-0.2, -0.15) is 0 Å². The third kappa shape index (κ3) is 3.23. The van der Waals surface area contributed by atoms with Gasteiger partial charge in [0, 0.05) is 46.0 Å². The molecule has 11 atom stereocenters. The Morgan fingerprint density at radius 3 is 2.52 bits per heavy atom. The van der Waals surface area contributed by atoms with Crippen molar-refractivity contribution in [1.82, 2.24) is 0 Å². The molecule has 5 fully saturated rings. The lowest BCUT2D eigenvalue weighted by Gasteiger charge is -2.65. The van der Waals surface area contributed by atoms with Crippen LogP contribution in [-0.2, 0) is 38.1 Å². The van der Waals surface area contributed by atoms with Crippen molar-refractivity contribution in [3.63, 3.8) is 0 Å². The third-order valence-corrected chi connectivity index (χ3v) is 11.3. The van der Waals surface area contributed by atoms with Crippen molar-refractivity contribution in [1.29, 1.82) is 0 Å². The van der Waals surface area contributed by atoms with E-state index in [2.05, 4.69) is 6.92 Å². The molecule has 1 aromatic rings. The quantitative estimate of drug-likeness (QED) is 0.325. The molecule has 0 radical (unpaired) electrons. The minimum absolute atomic E-state index is 0.104. The summed E-state index contributed by atoms with van der Waals surface area (Å²) in [6, 6.07) is 1.80. The highest BCUT2D eigenvalue weighted by atomic mass is 16.6. The van der Waals surface area contributed by atoms with Crippen molar-refractivity contribution in [2.45, 2.75) is 90.3 Å². The molecular formula is C30H38O10. The minimum atomic E-state index is -1.63. The predicted octanol–water partition coefficient (Wildman–Crippen LogP) is 3.15. The normalized spacial score (nSPS) is 45.2. The molecule has 2 saturated heterocycles. The molecule has 10 nitrogen and oxygen atoms in total. The first-order valence-electron chi connectivity index (χ1n) is 14.2. The van der Waals surface area contributed by atoms with Crippen molar-refractivity contribution in [3.05, 3.63) is 24.2 Å². The second-order valence-corrected chi connectivity index (χ2v) is 13.4. The van der Waals surface area contributed by atoms with Gasteiger partial charge in [-0.1, -0.05) is 34.6 Å². The molecule has 6 rings (SSSR count). The number of ketones is 1. The molecule has 0 amide bonds. The molecule has 3 saturated carbocycles. The number of aliphatic hydroxyl groups excluding tert-OH is 1. The summed E-state index contributed by atoms with van der Waals surface area (Å²) in [4.78, 5) is 53.2. The molecule has 0 unspecified atom stereocenters. The highest BCUT2D eigenvalue weighted by molar-refractivity contribution is 5.94. The number of fused-ring (bicyclic) bond motifs is 5. The monoisotopic (exact) mass is 558 g/mol. The second kappa shape index (κ2) is 8.64. The number of epoxide rings is 1. The zero-order chi connectivity index (χ0) is 29.0. The van der Waals surface area contributed by atoms with E-state index in [1.54, 1.807) is 25.5 Å². The average molecular weight is 559 g/mol. The van der Waals surface area contributed by atoms with Gasteiger partial charge >= 0.3 is 17.9 Å². The van der Waals surface area contributed by atoms with Crippen molar-refractivity contribution in [2.75, 3.05) is 7.11 Å². The molecule has 3 heterocycles. The number of furan rings is 1. The number of ether oxygens (including phenoxy) is 4. The highest BCUT2D eigenvalue weighted by Crippen LogP contribution is 2.77. The maximum atomic E-state index is 14.5. The van der Waals surface area contributed by atoms with Gasteiger partial charge < -0.3 is 28.5 Å². The standard InChI is InChI=1S/C30H38O10/c1-7-17(31)38-24-19-22(34)29(5,21(27(24,2)3)20(33)26(35)36-6)15-8-10-28(4)16(30(15)25(19)40-30)12-18(32)39-23(28)14-9-11-37-13-14/h9,11,13,15-16,19-21,23-25,33H,7-8,10,12H2,1-6H3/t15-,16-,19-,20+,21+,23+,24-,25-,28-,29-,30-/m1/s1. The van der Waals surface area contributed by atoms with Gasteiger partial charge in [-0.3, -0.25) is 14.4 Å². The molecular weight excluding hydrogens is 520 g/mol. The Bertz CT molecular complexity index is 1250. The number of cyclic esters (lactones) is 1. The molecule has 10 heteroatoms. The van der Waals surface area contributed by atoms with E-state index in [0.717, 1.165) is 5.56 Å². The van der Waals surface area contributed by atoms with E-state index in [9.17, 15) is 24.3 Å². The maximum absolute atomic E-state index is 14.5. The zero-order valence-electron chi connectivity index (χ0n) is 23.8. The molecule has 2 bridgehead atoms. The van der Waals surface area contributed by atoms with Crippen LogP contribution in [0.1, 0.15) is 72.0 Å². The Kier molecular flexibility index (Phi) is 5.93.